The fraction of sp³-hybridized carbons (Fsp3) is 0.600. The van der Waals surface area contributed by atoms with E-state index in [-0.39, 0.29) is 12.1 Å². The molecule has 1 aliphatic carbocycles. The summed E-state index contributed by atoms with van der Waals surface area (Å²) < 4.78 is 5.41. The lowest BCUT2D eigenvalue weighted by Crippen LogP contribution is -2.37. The molecule has 1 aromatic carbocycles. The molecule has 0 radical (unpaired) electrons. The molecule has 0 spiro atoms. The summed E-state index contributed by atoms with van der Waals surface area (Å²) in [4.78, 5) is 2.22. The molecule has 1 aliphatic rings. The first-order valence-corrected chi connectivity index (χ1v) is 6.84. The van der Waals surface area contributed by atoms with Gasteiger partial charge in [0.2, 0.25) is 0 Å². The average molecular weight is 264 g/mol. The predicted molar refractivity (Wildman–Crippen MR) is 77.6 cm³/mol. The summed E-state index contributed by atoms with van der Waals surface area (Å²) in [5, 5.41) is 9.37. The molecule has 3 N–H and O–H groups in total. The van der Waals surface area contributed by atoms with Crippen LogP contribution in [-0.2, 0) is 0 Å². The maximum absolute atomic E-state index is 9.37. The van der Waals surface area contributed by atoms with E-state index in [0.29, 0.717) is 5.92 Å². The lowest BCUT2D eigenvalue weighted by molar-refractivity contribution is 0.0464. The highest BCUT2D eigenvalue weighted by molar-refractivity contribution is 5.60. The molecule has 0 saturated heterocycles. The maximum Gasteiger partial charge on any atom is 0.125 e. The number of nitrogens with zero attached hydrogens (tertiary/aromatic N) is 1. The lowest BCUT2D eigenvalue weighted by Gasteiger charge is -2.36. The quantitative estimate of drug-likeness (QED) is 0.853. The number of rotatable bonds is 5. The number of hydrogen-bond acceptors (Lipinski definition) is 4. The van der Waals surface area contributed by atoms with E-state index < -0.39 is 0 Å². The summed E-state index contributed by atoms with van der Waals surface area (Å²) in [6.45, 7) is 2.92. The summed E-state index contributed by atoms with van der Waals surface area (Å²) in [5.41, 5.74) is 8.25. The Bertz CT molecular complexity index is 428. The average Bonchev–Trinajstić information content (AvgIpc) is 2.35. The predicted octanol–water partition coefficient (Wildman–Crippen LogP) is 1.92. The Kier molecular flexibility index (Phi) is 4.32. The molecule has 1 saturated carbocycles. The van der Waals surface area contributed by atoms with Gasteiger partial charge in [-0.1, -0.05) is 6.07 Å². The zero-order chi connectivity index (χ0) is 14.0. The first kappa shape index (κ1) is 14.2. The van der Waals surface area contributed by atoms with E-state index in [9.17, 15) is 5.11 Å². The minimum absolute atomic E-state index is 0.0689. The monoisotopic (exact) mass is 264 g/mol. The smallest absolute Gasteiger partial charge is 0.125 e. The molecule has 4 nitrogen and oxygen atoms in total. The summed E-state index contributed by atoms with van der Waals surface area (Å²) >= 11 is 0. The minimum atomic E-state index is -0.100. The molecule has 1 fully saturated rings. The summed E-state index contributed by atoms with van der Waals surface area (Å²) in [6, 6.07) is 5.95. The Morgan fingerprint density at radius 1 is 1.47 bits per heavy atom. The van der Waals surface area contributed by atoms with Gasteiger partial charge in [-0.15, -0.1) is 0 Å². The van der Waals surface area contributed by atoms with Crippen molar-refractivity contribution in [2.45, 2.75) is 31.9 Å². The highest BCUT2D eigenvalue weighted by Gasteiger charge is 2.28. The minimum Gasteiger partial charge on any atom is -0.496 e. The van der Waals surface area contributed by atoms with Gasteiger partial charge in [-0.05, 0) is 37.8 Å². The Balaban J connectivity index is 2.18. The summed E-state index contributed by atoms with van der Waals surface area (Å²) in [6.07, 6.45) is 1.71. The third-order valence-corrected chi connectivity index (χ3v) is 3.87. The highest BCUT2D eigenvalue weighted by atomic mass is 16.5. The maximum atomic E-state index is 9.37. The molecule has 1 aromatic rings. The molecule has 2 rings (SSSR count). The van der Waals surface area contributed by atoms with Gasteiger partial charge in [0.25, 0.3) is 0 Å². The van der Waals surface area contributed by atoms with Crippen LogP contribution in [-0.4, -0.2) is 31.9 Å². The van der Waals surface area contributed by atoms with Crippen molar-refractivity contribution in [1.82, 2.24) is 0 Å². The van der Waals surface area contributed by atoms with E-state index in [0.717, 1.165) is 36.4 Å². The fourth-order valence-corrected chi connectivity index (χ4v) is 2.84. The van der Waals surface area contributed by atoms with Crippen LogP contribution in [0.25, 0.3) is 0 Å². The standard InChI is InChI=1S/C15H24N2O2/c1-10(16)15-13(5-4-6-14(15)19-3)17(2)9-11-7-12(18)8-11/h4-6,10-12,18H,7-9,16H2,1-3H3/t10-,11?,12?/m0/s1. The largest absolute Gasteiger partial charge is 0.496 e. The molecule has 4 heteroatoms. The van der Waals surface area contributed by atoms with Gasteiger partial charge in [-0.2, -0.15) is 0 Å². The van der Waals surface area contributed by atoms with Crippen LogP contribution in [0.1, 0.15) is 31.4 Å². The van der Waals surface area contributed by atoms with E-state index in [1.54, 1.807) is 7.11 Å². The zero-order valence-corrected chi connectivity index (χ0v) is 12.0. The van der Waals surface area contributed by atoms with Gasteiger partial charge in [0.15, 0.2) is 0 Å². The Hall–Kier alpha value is -1.26. The van der Waals surface area contributed by atoms with E-state index >= 15 is 0 Å². The van der Waals surface area contributed by atoms with Crippen LogP contribution in [0.3, 0.4) is 0 Å². The first-order valence-electron chi connectivity index (χ1n) is 6.84. The Labute approximate surface area is 115 Å². The number of ether oxygens (including phenoxy) is 1. The first-order chi connectivity index (χ1) is 9.02. The number of methoxy groups -OCH3 is 1. The molecule has 0 unspecified atom stereocenters. The van der Waals surface area contributed by atoms with Gasteiger partial charge in [-0.25, -0.2) is 0 Å². The number of aliphatic hydroxyl groups is 1. The van der Waals surface area contributed by atoms with Crippen LogP contribution < -0.4 is 15.4 Å². The highest BCUT2D eigenvalue weighted by Crippen LogP contribution is 2.35. The number of aliphatic hydroxyl groups excluding tert-OH is 1. The van der Waals surface area contributed by atoms with Crippen molar-refractivity contribution < 1.29 is 9.84 Å². The SMILES string of the molecule is COc1cccc(N(C)CC2CC(O)C2)c1[C@H](C)N. The van der Waals surface area contributed by atoms with Crippen LogP contribution in [0.15, 0.2) is 18.2 Å². The van der Waals surface area contributed by atoms with Crippen LogP contribution in [0.5, 0.6) is 5.75 Å². The van der Waals surface area contributed by atoms with Crippen molar-refractivity contribution in [3.05, 3.63) is 23.8 Å². The molecule has 106 valence electrons. The van der Waals surface area contributed by atoms with Crippen LogP contribution in [0, 0.1) is 5.92 Å². The molecule has 0 amide bonds. The topological polar surface area (TPSA) is 58.7 Å². The molecular weight excluding hydrogens is 240 g/mol. The third-order valence-electron chi connectivity index (χ3n) is 3.87. The second kappa shape index (κ2) is 5.80. The van der Waals surface area contributed by atoms with E-state index in [2.05, 4.69) is 18.0 Å². The van der Waals surface area contributed by atoms with Crippen molar-refractivity contribution in [2.75, 3.05) is 25.6 Å². The normalized spacial score (nSPS) is 23.6. The van der Waals surface area contributed by atoms with Crippen LogP contribution >= 0.6 is 0 Å². The third kappa shape index (κ3) is 3.01. The fourth-order valence-electron chi connectivity index (χ4n) is 2.84. The second-order valence-corrected chi connectivity index (χ2v) is 5.55. The lowest BCUT2D eigenvalue weighted by atomic mass is 9.82. The van der Waals surface area contributed by atoms with E-state index in [1.807, 2.05) is 19.1 Å². The summed E-state index contributed by atoms with van der Waals surface area (Å²) in [7, 11) is 3.75. The van der Waals surface area contributed by atoms with Gasteiger partial charge in [0.05, 0.1) is 13.2 Å². The summed E-state index contributed by atoms with van der Waals surface area (Å²) in [5.74, 6) is 1.42. The molecule has 0 aliphatic heterocycles. The van der Waals surface area contributed by atoms with Gasteiger partial charge in [0, 0.05) is 30.9 Å². The van der Waals surface area contributed by atoms with Gasteiger partial charge in [0.1, 0.15) is 5.75 Å². The molecule has 19 heavy (non-hydrogen) atoms. The number of anilines is 1. The van der Waals surface area contributed by atoms with Crippen molar-refractivity contribution in [1.29, 1.82) is 0 Å². The van der Waals surface area contributed by atoms with Crippen LogP contribution in [0.4, 0.5) is 5.69 Å². The molecule has 0 aromatic heterocycles. The molecule has 0 heterocycles. The van der Waals surface area contributed by atoms with Gasteiger partial charge >= 0.3 is 0 Å². The Morgan fingerprint density at radius 2 is 2.16 bits per heavy atom. The zero-order valence-electron chi connectivity index (χ0n) is 12.0. The van der Waals surface area contributed by atoms with E-state index in [1.165, 1.54) is 0 Å². The van der Waals surface area contributed by atoms with Crippen molar-refractivity contribution in [2.24, 2.45) is 11.7 Å². The molecular formula is C15H24N2O2. The van der Waals surface area contributed by atoms with Crippen LogP contribution in [0.2, 0.25) is 0 Å². The van der Waals surface area contributed by atoms with Crippen molar-refractivity contribution >= 4 is 5.69 Å². The van der Waals surface area contributed by atoms with Gasteiger partial charge in [-0.3, -0.25) is 0 Å². The second-order valence-electron chi connectivity index (χ2n) is 5.55. The van der Waals surface area contributed by atoms with Crippen molar-refractivity contribution in [3.63, 3.8) is 0 Å². The number of nitrogens with two attached hydrogens (primary N) is 1. The number of benzene rings is 1. The van der Waals surface area contributed by atoms with E-state index in [4.69, 9.17) is 10.5 Å². The molecule has 0 bridgehead atoms. The van der Waals surface area contributed by atoms with Crippen molar-refractivity contribution in [3.8, 4) is 5.75 Å². The number of hydrogen-bond donors (Lipinski definition) is 2. The van der Waals surface area contributed by atoms with Gasteiger partial charge < -0.3 is 20.5 Å². The molecule has 1 atom stereocenters. The Morgan fingerprint density at radius 3 is 2.68 bits per heavy atom.